The molecule has 7 nitrogen and oxygen atoms in total. The standard InChI is InChI=1S/C26H24FN3O4/c1-2-16-34-19-10-8-18(9-11-19)24(31)22-23(20-6-3-4-7-21(20)27)30(26(33)25(22)32)14-5-13-29-15-12-28-17-29/h2-4,6-12,15,17,23,31H,1,5,13-14,16H2/b24-22+. The fourth-order valence-corrected chi connectivity index (χ4v) is 3.99. The van der Waals surface area contributed by atoms with E-state index in [4.69, 9.17) is 4.74 Å². The second-order valence-electron chi connectivity index (χ2n) is 7.79. The van der Waals surface area contributed by atoms with Crippen LogP contribution in [0.3, 0.4) is 0 Å². The Morgan fingerprint density at radius 1 is 1.15 bits per heavy atom. The topological polar surface area (TPSA) is 84.7 Å². The highest BCUT2D eigenvalue weighted by molar-refractivity contribution is 6.46. The van der Waals surface area contributed by atoms with Gasteiger partial charge >= 0.3 is 0 Å². The first kappa shape index (κ1) is 23.0. The van der Waals surface area contributed by atoms with E-state index in [0.717, 1.165) is 0 Å². The highest BCUT2D eigenvalue weighted by atomic mass is 19.1. The minimum absolute atomic E-state index is 0.141. The number of likely N-dealkylation sites (tertiary alicyclic amines) is 1. The molecule has 1 unspecified atom stereocenters. The summed E-state index contributed by atoms with van der Waals surface area (Å²) in [6, 6.07) is 11.4. The molecule has 1 saturated heterocycles. The summed E-state index contributed by atoms with van der Waals surface area (Å²) in [5.74, 6) is -1.99. The van der Waals surface area contributed by atoms with Gasteiger partial charge in [-0.05, 0) is 36.8 Å². The number of aliphatic hydroxyl groups excluding tert-OH is 1. The Kier molecular flexibility index (Phi) is 6.87. The number of ketones is 1. The van der Waals surface area contributed by atoms with E-state index in [9.17, 15) is 19.1 Å². The summed E-state index contributed by atoms with van der Waals surface area (Å²) >= 11 is 0. The molecule has 1 aliphatic rings. The molecule has 0 spiro atoms. The average molecular weight is 461 g/mol. The number of aliphatic hydroxyl groups is 1. The number of hydrogen-bond donors (Lipinski definition) is 1. The molecule has 1 amide bonds. The van der Waals surface area contributed by atoms with Crippen LogP contribution in [0.5, 0.6) is 5.75 Å². The van der Waals surface area contributed by atoms with Crippen molar-refractivity contribution >= 4 is 17.4 Å². The quantitative estimate of drug-likeness (QED) is 0.225. The van der Waals surface area contributed by atoms with Crippen molar-refractivity contribution in [1.29, 1.82) is 0 Å². The fourth-order valence-electron chi connectivity index (χ4n) is 3.99. The summed E-state index contributed by atoms with van der Waals surface area (Å²) in [7, 11) is 0. The van der Waals surface area contributed by atoms with Crippen LogP contribution in [0.2, 0.25) is 0 Å². The molecule has 174 valence electrons. The SMILES string of the molecule is C=CCOc1ccc(/C(O)=C2\C(=O)C(=O)N(CCCn3ccnc3)C2c2ccccc2F)cc1. The predicted octanol–water partition coefficient (Wildman–Crippen LogP) is 4.10. The average Bonchev–Trinajstić information content (AvgIpc) is 3.45. The summed E-state index contributed by atoms with van der Waals surface area (Å²) in [5.41, 5.74) is 0.331. The molecule has 0 radical (unpaired) electrons. The van der Waals surface area contributed by atoms with Gasteiger partial charge in [-0.3, -0.25) is 9.59 Å². The van der Waals surface area contributed by atoms with Crippen molar-refractivity contribution in [3.63, 3.8) is 0 Å². The zero-order chi connectivity index (χ0) is 24.1. The summed E-state index contributed by atoms with van der Waals surface area (Å²) in [6.07, 6.45) is 7.23. The van der Waals surface area contributed by atoms with Crippen LogP contribution in [0.15, 0.2) is 85.5 Å². The van der Waals surface area contributed by atoms with Crippen LogP contribution in [-0.2, 0) is 16.1 Å². The molecule has 1 aliphatic heterocycles. The smallest absolute Gasteiger partial charge is 0.295 e. The molecule has 34 heavy (non-hydrogen) atoms. The van der Waals surface area contributed by atoms with Crippen LogP contribution in [0.25, 0.3) is 5.76 Å². The molecule has 0 saturated carbocycles. The Balaban J connectivity index is 1.70. The lowest BCUT2D eigenvalue weighted by molar-refractivity contribution is -0.140. The van der Waals surface area contributed by atoms with Gasteiger partial charge in [0.05, 0.1) is 17.9 Å². The number of nitrogens with zero attached hydrogens (tertiary/aromatic N) is 3. The number of aromatic nitrogens is 2. The van der Waals surface area contributed by atoms with E-state index in [1.54, 1.807) is 55.1 Å². The van der Waals surface area contributed by atoms with Crippen LogP contribution < -0.4 is 4.74 Å². The monoisotopic (exact) mass is 461 g/mol. The van der Waals surface area contributed by atoms with E-state index in [1.165, 1.54) is 23.1 Å². The first-order valence-corrected chi connectivity index (χ1v) is 10.8. The number of ether oxygens (including phenoxy) is 1. The van der Waals surface area contributed by atoms with Gasteiger partial charge in [-0.15, -0.1) is 0 Å². The second kappa shape index (κ2) is 10.2. The van der Waals surface area contributed by atoms with E-state index in [-0.39, 0.29) is 23.4 Å². The van der Waals surface area contributed by atoms with Gasteiger partial charge in [0.15, 0.2) is 0 Å². The number of rotatable bonds is 9. The Bertz CT molecular complexity index is 1220. The van der Waals surface area contributed by atoms with Crippen molar-refractivity contribution in [2.45, 2.75) is 19.0 Å². The maximum Gasteiger partial charge on any atom is 0.295 e. The number of aryl methyl sites for hydroxylation is 1. The van der Waals surface area contributed by atoms with Crippen LogP contribution in [-0.4, -0.2) is 44.4 Å². The zero-order valence-corrected chi connectivity index (χ0v) is 18.4. The molecule has 2 heterocycles. The van der Waals surface area contributed by atoms with Crippen LogP contribution in [0, 0.1) is 5.82 Å². The van der Waals surface area contributed by atoms with Crippen LogP contribution in [0.1, 0.15) is 23.6 Å². The Morgan fingerprint density at radius 3 is 2.59 bits per heavy atom. The van der Waals surface area contributed by atoms with E-state index in [0.29, 0.717) is 30.9 Å². The molecule has 1 fully saturated rings. The number of benzene rings is 2. The lowest BCUT2D eigenvalue weighted by Crippen LogP contribution is -2.31. The third kappa shape index (κ3) is 4.61. The molecular weight excluding hydrogens is 437 g/mol. The molecule has 1 aromatic heterocycles. The van der Waals surface area contributed by atoms with Gasteiger partial charge in [0, 0.05) is 36.6 Å². The Hall–Kier alpha value is -4.20. The van der Waals surface area contributed by atoms with Crippen molar-refractivity contribution in [1.82, 2.24) is 14.5 Å². The zero-order valence-electron chi connectivity index (χ0n) is 18.4. The predicted molar refractivity (Wildman–Crippen MR) is 124 cm³/mol. The van der Waals surface area contributed by atoms with Gasteiger partial charge in [-0.1, -0.05) is 30.9 Å². The number of imidazole rings is 1. The first-order valence-electron chi connectivity index (χ1n) is 10.8. The maximum atomic E-state index is 14.8. The van der Waals surface area contributed by atoms with Crippen LogP contribution >= 0.6 is 0 Å². The number of carbonyl (C=O) groups is 2. The fraction of sp³-hybridized carbons (Fsp3) is 0.192. The maximum absolute atomic E-state index is 14.8. The summed E-state index contributed by atoms with van der Waals surface area (Å²) in [4.78, 5) is 31.3. The largest absolute Gasteiger partial charge is 0.507 e. The number of hydrogen-bond acceptors (Lipinski definition) is 5. The summed E-state index contributed by atoms with van der Waals surface area (Å²) in [5, 5.41) is 11.1. The summed E-state index contributed by atoms with van der Waals surface area (Å²) in [6.45, 7) is 4.69. The minimum Gasteiger partial charge on any atom is -0.507 e. The van der Waals surface area contributed by atoms with Crippen molar-refractivity contribution in [3.05, 3.63) is 102 Å². The second-order valence-corrected chi connectivity index (χ2v) is 7.79. The van der Waals surface area contributed by atoms with Gasteiger partial charge in [0.1, 0.15) is 23.9 Å². The third-order valence-corrected chi connectivity index (χ3v) is 5.61. The first-order chi connectivity index (χ1) is 16.5. The van der Waals surface area contributed by atoms with Gasteiger partial charge in [-0.25, -0.2) is 9.37 Å². The Morgan fingerprint density at radius 2 is 1.91 bits per heavy atom. The van der Waals surface area contributed by atoms with Gasteiger partial charge in [0.2, 0.25) is 0 Å². The number of Topliss-reactive ketones (excluding diaryl/α,β-unsaturated/α-hetero) is 1. The van der Waals surface area contributed by atoms with Gasteiger partial charge in [-0.2, -0.15) is 0 Å². The molecule has 0 bridgehead atoms. The molecule has 0 aliphatic carbocycles. The molecule has 8 heteroatoms. The molecule has 4 rings (SSSR count). The normalized spacial score (nSPS) is 17.2. The number of halogens is 1. The molecule has 1 N–H and O–H groups in total. The molecule has 3 aromatic rings. The van der Waals surface area contributed by atoms with Crippen molar-refractivity contribution in [2.75, 3.05) is 13.2 Å². The van der Waals surface area contributed by atoms with Gasteiger partial charge in [0.25, 0.3) is 11.7 Å². The molecular formula is C26H24FN3O4. The van der Waals surface area contributed by atoms with Crippen molar-refractivity contribution in [2.24, 2.45) is 0 Å². The van der Waals surface area contributed by atoms with E-state index in [1.807, 2.05) is 4.57 Å². The van der Waals surface area contributed by atoms with E-state index < -0.39 is 23.5 Å². The lowest BCUT2D eigenvalue weighted by Gasteiger charge is -2.25. The number of carbonyl (C=O) groups excluding carboxylic acids is 2. The Labute approximate surface area is 196 Å². The highest BCUT2D eigenvalue weighted by Gasteiger charge is 2.46. The highest BCUT2D eigenvalue weighted by Crippen LogP contribution is 2.40. The number of amides is 1. The molecule has 1 atom stereocenters. The van der Waals surface area contributed by atoms with E-state index in [2.05, 4.69) is 11.6 Å². The van der Waals surface area contributed by atoms with E-state index >= 15 is 0 Å². The van der Waals surface area contributed by atoms with Gasteiger partial charge < -0.3 is 19.3 Å². The molecule has 2 aromatic carbocycles. The lowest BCUT2D eigenvalue weighted by atomic mass is 9.95. The van der Waals surface area contributed by atoms with Crippen molar-refractivity contribution < 1.29 is 23.8 Å². The third-order valence-electron chi connectivity index (χ3n) is 5.61. The summed E-state index contributed by atoms with van der Waals surface area (Å²) < 4.78 is 22.1. The van der Waals surface area contributed by atoms with Crippen molar-refractivity contribution in [3.8, 4) is 5.75 Å². The minimum atomic E-state index is -1.04. The van der Waals surface area contributed by atoms with Crippen LogP contribution in [0.4, 0.5) is 4.39 Å².